The number of hydrogen-bond acceptors (Lipinski definition) is 3. The molecule has 0 amide bonds. The lowest BCUT2D eigenvalue weighted by molar-refractivity contribution is -0.137. The van der Waals surface area contributed by atoms with Crippen LogP contribution < -0.4 is 10.1 Å². The monoisotopic (exact) mass is 483 g/mol. The summed E-state index contributed by atoms with van der Waals surface area (Å²) < 4.78 is 46.6. The van der Waals surface area contributed by atoms with Gasteiger partial charge in [-0.25, -0.2) is 0 Å². The van der Waals surface area contributed by atoms with Crippen molar-refractivity contribution in [3.63, 3.8) is 0 Å². The normalized spacial score (nSPS) is 13.6. The summed E-state index contributed by atoms with van der Waals surface area (Å²) in [4.78, 5) is 0. The zero-order valence-corrected chi connectivity index (χ0v) is 18.7. The molecule has 2 unspecified atom stereocenters. The molecule has 0 aliphatic heterocycles. The van der Waals surface area contributed by atoms with E-state index in [0.29, 0.717) is 26.9 Å². The fourth-order valence-electron chi connectivity index (χ4n) is 3.18. The number of benzene rings is 3. The van der Waals surface area contributed by atoms with Gasteiger partial charge in [0.25, 0.3) is 0 Å². The van der Waals surface area contributed by atoms with Crippen LogP contribution in [0.2, 0.25) is 10.0 Å². The molecule has 0 radical (unpaired) electrons. The number of aliphatic hydroxyl groups is 1. The van der Waals surface area contributed by atoms with E-state index < -0.39 is 23.9 Å². The summed E-state index contributed by atoms with van der Waals surface area (Å²) in [6.07, 6.45) is -5.37. The van der Waals surface area contributed by atoms with Gasteiger partial charge in [0.05, 0.1) is 15.6 Å². The summed E-state index contributed by atoms with van der Waals surface area (Å²) in [5.74, 6) is 0.456. The van der Waals surface area contributed by atoms with Crippen molar-refractivity contribution in [1.82, 2.24) is 5.32 Å². The third-order valence-corrected chi connectivity index (χ3v) is 5.67. The number of halogens is 5. The molecule has 2 N–H and O–H groups in total. The summed E-state index contributed by atoms with van der Waals surface area (Å²) in [6.45, 7) is 1.85. The van der Waals surface area contributed by atoms with Crippen LogP contribution in [0.25, 0.3) is 11.1 Å². The molecule has 0 aromatic heterocycles. The molecule has 3 rings (SSSR count). The molecule has 3 aromatic carbocycles. The van der Waals surface area contributed by atoms with E-state index in [-0.39, 0.29) is 18.7 Å². The van der Waals surface area contributed by atoms with E-state index in [0.717, 1.165) is 6.07 Å². The molecule has 3 aromatic rings. The summed E-state index contributed by atoms with van der Waals surface area (Å²) in [6, 6.07) is 17.1. The van der Waals surface area contributed by atoms with Crippen LogP contribution in [-0.2, 0) is 6.18 Å². The molecule has 3 nitrogen and oxygen atoms in total. The first-order chi connectivity index (χ1) is 15.1. The van der Waals surface area contributed by atoms with Crippen LogP contribution >= 0.6 is 23.2 Å². The predicted molar refractivity (Wildman–Crippen MR) is 121 cm³/mol. The Bertz CT molecular complexity index is 1050. The lowest BCUT2D eigenvalue weighted by Gasteiger charge is -2.20. The lowest BCUT2D eigenvalue weighted by atomic mass is 9.95. The molecule has 8 heteroatoms. The van der Waals surface area contributed by atoms with Gasteiger partial charge in [-0.1, -0.05) is 65.7 Å². The number of aliphatic hydroxyl groups excluding tert-OH is 1. The first kappa shape index (κ1) is 24.4. The molecule has 0 aliphatic carbocycles. The quantitative estimate of drug-likeness (QED) is 0.371. The van der Waals surface area contributed by atoms with E-state index in [9.17, 15) is 18.3 Å². The van der Waals surface area contributed by atoms with Gasteiger partial charge in [-0.05, 0) is 41.8 Å². The molecule has 0 fully saturated rings. The van der Waals surface area contributed by atoms with Crippen molar-refractivity contribution >= 4 is 23.2 Å². The summed E-state index contributed by atoms with van der Waals surface area (Å²) in [5, 5.41) is 14.0. The van der Waals surface area contributed by atoms with Gasteiger partial charge < -0.3 is 15.2 Å². The fraction of sp³-hybridized carbons (Fsp3) is 0.250. The van der Waals surface area contributed by atoms with Crippen LogP contribution in [0.15, 0.2) is 66.7 Å². The maximum Gasteiger partial charge on any atom is 0.417 e. The fourth-order valence-corrected chi connectivity index (χ4v) is 3.47. The van der Waals surface area contributed by atoms with E-state index in [1.165, 1.54) is 6.07 Å². The SMILES string of the molecule is CC(NCC(O)COc1ccc(Cl)c(Cl)c1)c1ccc(-c2ccccc2)c(C(F)(F)F)c1. The molecule has 170 valence electrons. The maximum atomic E-state index is 13.7. The van der Waals surface area contributed by atoms with Crippen LogP contribution in [0.5, 0.6) is 5.75 Å². The van der Waals surface area contributed by atoms with E-state index in [4.69, 9.17) is 27.9 Å². The van der Waals surface area contributed by atoms with Crippen molar-refractivity contribution in [2.24, 2.45) is 0 Å². The third-order valence-electron chi connectivity index (χ3n) is 4.93. The van der Waals surface area contributed by atoms with Crippen molar-refractivity contribution in [3.8, 4) is 16.9 Å². The van der Waals surface area contributed by atoms with Crippen LogP contribution in [0.3, 0.4) is 0 Å². The van der Waals surface area contributed by atoms with Gasteiger partial charge in [0.15, 0.2) is 0 Å². The van der Waals surface area contributed by atoms with Crippen molar-refractivity contribution < 1.29 is 23.0 Å². The summed E-state index contributed by atoms with van der Waals surface area (Å²) >= 11 is 11.8. The standard InChI is InChI=1S/C24H22Cl2F3NO2/c1-15(30-13-18(31)14-32-19-8-10-22(25)23(26)12-19)17-7-9-20(16-5-3-2-4-6-16)21(11-17)24(27,28)29/h2-12,15,18,30-31H,13-14H2,1H3. The predicted octanol–water partition coefficient (Wildman–Crippen LogP) is 6.77. The Morgan fingerprint density at radius 1 is 0.969 bits per heavy atom. The zero-order chi connectivity index (χ0) is 23.3. The van der Waals surface area contributed by atoms with Gasteiger partial charge in [0.2, 0.25) is 0 Å². The van der Waals surface area contributed by atoms with Gasteiger partial charge in [0.1, 0.15) is 18.5 Å². The smallest absolute Gasteiger partial charge is 0.417 e. The molecule has 0 saturated carbocycles. The van der Waals surface area contributed by atoms with Crippen LogP contribution in [-0.4, -0.2) is 24.4 Å². The molecular weight excluding hydrogens is 462 g/mol. The largest absolute Gasteiger partial charge is 0.491 e. The molecule has 2 atom stereocenters. The van der Waals surface area contributed by atoms with E-state index in [2.05, 4.69) is 5.32 Å². The summed E-state index contributed by atoms with van der Waals surface area (Å²) in [5.41, 5.74) is 0.402. The molecule has 0 saturated heterocycles. The Labute approximate surface area is 194 Å². The van der Waals surface area contributed by atoms with Gasteiger partial charge in [-0.2, -0.15) is 13.2 Å². The number of alkyl halides is 3. The number of ether oxygens (including phenoxy) is 1. The van der Waals surface area contributed by atoms with E-state index >= 15 is 0 Å². The highest BCUT2D eigenvalue weighted by atomic mass is 35.5. The molecule has 0 bridgehead atoms. The molecule has 0 heterocycles. The topological polar surface area (TPSA) is 41.5 Å². The van der Waals surface area contributed by atoms with Gasteiger partial charge in [0, 0.05) is 18.7 Å². The summed E-state index contributed by atoms with van der Waals surface area (Å²) in [7, 11) is 0. The second kappa shape index (κ2) is 10.6. The first-order valence-electron chi connectivity index (χ1n) is 9.91. The third kappa shape index (κ3) is 6.39. The first-order valence-corrected chi connectivity index (χ1v) is 10.7. The second-order valence-corrected chi connectivity index (χ2v) is 8.15. The van der Waals surface area contributed by atoms with Crippen molar-refractivity contribution in [1.29, 1.82) is 0 Å². The van der Waals surface area contributed by atoms with E-state index in [1.807, 2.05) is 0 Å². The minimum absolute atomic E-state index is 0.0154. The highest BCUT2D eigenvalue weighted by molar-refractivity contribution is 6.42. The Morgan fingerprint density at radius 3 is 2.34 bits per heavy atom. The van der Waals surface area contributed by atoms with Gasteiger partial charge >= 0.3 is 6.18 Å². The highest BCUT2D eigenvalue weighted by Gasteiger charge is 2.34. The highest BCUT2D eigenvalue weighted by Crippen LogP contribution is 2.38. The molecular formula is C24H22Cl2F3NO2. The minimum atomic E-state index is -4.49. The van der Waals surface area contributed by atoms with Gasteiger partial charge in [-0.15, -0.1) is 0 Å². The minimum Gasteiger partial charge on any atom is -0.491 e. The van der Waals surface area contributed by atoms with Crippen molar-refractivity contribution in [3.05, 3.63) is 87.9 Å². The van der Waals surface area contributed by atoms with Crippen molar-refractivity contribution in [2.45, 2.75) is 25.2 Å². The average Bonchev–Trinajstić information content (AvgIpc) is 2.78. The Balaban J connectivity index is 1.64. The van der Waals surface area contributed by atoms with Crippen LogP contribution in [0, 0.1) is 0 Å². The molecule has 0 aliphatic rings. The Morgan fingerprint density at radius 2 is 1.69 bits per heavy atom. The zero-order valence-electron chi connectivity index (χ0n) is 17.2. The van der Waals surface area contributed by atoms with Crippen LogP contribution in [0.1, 0.15) is 24.1 Å². The Kier molecular flexibility index (Phi) is 8.06. The maximum absolute atomic E-state index is 13.7. The lowest BCUT2D eigenvalue weighted by Crippen LogP contribution is -2.33. The van der Waals surface area contributed by atoms with E-state index in [1.54, 1.807) is 61.5 Å². The number of hydrogen-bond donors (Lipinski definition) is 2. The van der Waals surface area contributed by atoms with Crippen LogP contribution in [0.4, 0.5) is 13.2 Å². The van der Waals surface area contributed by atoms with Crippen molar-refractivity contribution in [2.75, 3.05) is 13.2 Å². The number of rotatable bonds is 8. The van der Waals surface area contributed by atoms with Gasteiger partial charge in [-0.3, -0.25) is 0 Å². The Hall–Kier alpha value is -2.25. The second-order valence-electron chi connectivity index (χ2n) is 7.34. The molecule has 32 heavy (non-hydrogen) atoms. The number of nitrogens with one attached hydrogen (secondary N) is 1. The molecule has 0 spiro atoms. The average molecular weight is 484 g/mol.